The van der Waals surface area contributed by atoms with E-state index in [1.54, 1.807) is 24.3 Å². The van der Waals surface area contributed by atoms with Crippen LogP contribution in [-0.4, -0.2) is 57.7 Å². The van der Waals surface area contributed by atoms with Crippen molar-refractivity contribution in [1.82, 2.24) is 14.5 Å². The van der Waals surface area contributed by atoms with Crippen LogP contribution in [0.25, 0.3) is 33.3 Å². The summed E-state index contributed by atoms with van der Waals surface area (Å²) in [6.07, 6.45) is 6.99. The zero-order chi connectivity index (χ0) is 27.6. The number of halogens is 1. The molecule has 1 aliphatic heterocycles. The van der Waals surface area contributed by atoms with Crippen LogP contribution in [0, 0.1) is 5.95 Å². The molecule has 1 amide bonds. The summed E-state index contributed by atoms with van der Waals surface area (Å²) >= 11 is 0. The van der Waals surface area contributed by atoms with E-state index in [0.717, 1.165) is 47.8 Å². The number of benzene rings is 2. The van der Waals surface area contributed by atoms with Crippen molar-refractivity contribution in [2.45, 2.75) is 44.6 Å². The number of aromatic nitrogens is 2. The molecule has 0 bridgehead atoms. The van der Waals surface area contributed by atoms with Gasteiger partial charge in [-0.1, -0.05) is 49.6 Å². The maximum absolute atomic E-state index is 14.4. The molecule has 1 saturated carbocycles. The Hall–Kier alpha value is -4.04. The number of hydrogen-bond donors (Lipinski definition) is 1. The number of carboxylic acid groups (broad SMARTS) is 1. The van der Waals surface area contributed by atoms with Crippen molar-refractivity contribution in [3.05, 3.63) is 77.9 Å². The van der Waals surface area contributed by atoms with Crippen LogP contribution < -0.4 is 0 Å². The average molecular weight is 542 g/mol. The highest BCUT2D eigenvalue weighted by Gasteiger charge is 2.29. The van der Waals surface area contributed by atoms with E-state index in [9.17, 15) is 19.1 Å². The summed E-state index contributed by atoms with van der Waals surface area (Å²) in [5.74, 6) is -1.24. The minimum atomic E-state index is -1.00. The summed E-state index contributed by atoms with van der Waals surface area (Å²) in [4.78, 5) is 31.1. The van der Waals surface area contributed by atoms with Crippen molar-refractivity contribution in [2.24, 2.45) is 0 Å². The largest absolute Gasteiger partial charge is 0.478 e. The minimum Gasteiger partial charge on any atom is -0.478 e. The molecule has 40 heavy (non-hydrogen) atoms. The molecule has 1 aliphatic carbocycles. The van der Waals surface area contributed by atoms with Gasteiger partial charge in [0, 0.05) is 30.2 Å². The van der Waals surface area contributed by atoms with Gasteiger partial charge < -0.3 is 19.3 Å². The van der Waals surface area contributed by atoms with Gasteiger partial charge in [-0.05, 0) is 59.7 Å². The highest BCUT2D eigenvalue weighted by molar-refractivity contribution is 5.99. The third-order valence-electron chi connectivity index (χ3n) is 8.25. The van der Waals surface area contributed by atoms with Crippen LogP contribution in [0.4, 0.5) is 4.39 Å². The molecule has 6 rings (SSSR count). The lowest BCUT2D eigenvalue weighted by molar-refractivity contribution is -0.135. The van der Waals surface area contributed by atoms with Gasteiger partial charge in [-0.3, -0.25) is 4.79 Å². The normalized spacial score (nSPS) is 16.4. The van der Waals surface area contributed by atoms with Crippen LogP contribution in [0.15, 0.2) is 60.8 Å². The summed E-state index contributed by atoms with van der Waals surface area (Å²) in [5, 5.41) is 10.8. The molecule has 1 saturated heterocycles. The summed E-state index contributed by atoms with van der Waals surface area (Å²) in [5.41, 5.74) is 5.10. The molecular formula is C32H32FN3O4. The van der Waals surface area contributed by atoms with Gasteiger partial charge >= 0.3 is 5.97 Å². The lowest BCUT2D eigenvalue weighted by Gasteiger charge is -2.28. The Kier molecular flexibility index (Phi) is 7.34. The van der Waals surface area contributed by atoms with E-state index in [1.807, 2.05) is 39.8 Å². The number of morpholine rings is 1. The molecule has 0 atom stereocenters. The molecule has 2 fully saturated rings. The number of ether oxygens (including phenoxy) is 1. The zero-order valence-corrected chi connectivity index (χ0v) is 22.3. The number of carbonyl (C=O) groups excluding carboxylic acids is 1. The molecular weight excluding hydrogens is 509 g/mol. The number of pyridine rings is 1. The van der Waals surface area contributed by atoms with Crippen molar-refractivity contribution in [2.75, 3.05) is 26.3 Å². The van der Waals surface area contributed by atoms with E-state index in [1.165, 1.54) is 18.2 Å². The van der Waals surface area contributed by atoms with E-state index in [4.69, 9.17) is 4.74 Å². The second-order valence-corrected chi connectivity index (χ2v) is 10.6. The smallest absolute Gasteiger partial charge is 0.335 e. The van der Waals surface area contributed by atoms with Crippen LogP contribution >= 0.6 is 0 Å². The van der Waals surface area contributed by atoms with Crippen molar-refractivity contribution < 1.29 is 23.8 Å². The molecule has 206 valence electrons. The van der Waals surface area contributed by atoms with Crippen molar-refractivity contribution in [3.63, 3.8) is 0 Å². The fourth-order valence-electron chi connectivity index (χ4n) is 6.25. The summed E-state index contributed by atoms with van der Waals surface area (Å²) < 4.78 is 21.9. The van der Waals surface area contributed by atoms with Crippen LogP contribution in [0.3, 0.4) is 0 Å². The Morgan fingerprint density at radius 3 is 2.40 bits per heavy atom. The van der Waals surface area contributed by atoms with Crippen molar-refractivity contribution >= 4 is 22.8 Å². The summed E-state index contributed by atoms with van der Waals surface area (Å²) in [6.45, 7) is 2.19. The maximum Gasteiger partial charge on any atom is 0.335 e. The van der Waals surface area contributed by atoms with Crippen LogP contribution in [0.2, 0.25) is 0 Å². The number of amides is 1. The lowest BCUT2D eigenvalue weighted by atomic mass is 9.81. The van der Waals surface area contributed by atoms with Gasteiger partial charge in [0.2, 0.25) is 11.9 Å². The molecule has 7 nitrogen and oxygen atoms in total. The monoisotopic (exact) mass is 541 g/mol. The maximum atomic E-state index is 14.4. The number of carbonyl (C=O) groups is 2. The second kappa shape index (κ2) is 11.2. The van der Waals surface area contributed by atoms with Gasteiger partial charge in [0.15, 0.2) is 0 Å². The number of rotatable bonds is 6. The predicted octanol–water partition coefficient (Wildman–Crippen LogP) is 6.11. The molecule has 0 spiro atoms. The zero-order valence-electron chi connectivity index (χ0n) is 22.3. The molecule has 0 radical (unpaired) electrons. The highest BCUT2D eigenvalue weighted by Crippen LogP contribution is 2.44. The fraction of sp³-hybridized carbons (Fsp3) is 0.344. The third kappa shape index (κ3) is 4.99. The Morgan fingerprint density at radius 1 is 0.975 bits per heavy atom. The average Bonchev–Trinajstić information content (AvgIpc) is 3.31. The number of nitrogens with zero attached hydrogens (tertiary/aromatic N) is 3. The van der Waals surface area contributed by atoms with Gasteiger partial charge in [-0.15, -0.1) is 0 Å². The molecule has 4 aromatic rings. The quantitative estimate of drug-likeness (QED) is 0.298. The summed E-state index contributed by atoms with van der Waals surface area (Å²) in [6, 6.07) is 16.4. The third-order valence-corrected chi connectivity index (χ3v) is 8.25. The van der Waals surface area contributed by atoms with E-state index in [-0.39, 0.29) is 18.0 Å². The number of hydrogen-bond acceptors (Lipinski definition) is 4. The predicted molar refractivity (Wildman–Crippen MR) is 151 cm³/mol. The second-order valence-electron chi connectivity index (χ2n) is 10.6. The molecule has 2 aromatic carbocycles. The molecule has 2 aromatic heterocycles. The van der Waals surface area contributed by atoms with Crippen molar-refractivity contribution in [1.29, 1.82) is 0 Å². The lowest BCUT2D eigenvalue weighted by Crippen LogP contribution is -2.42. The number of aromatic carboxylic acids is 1. The van der Waals surface area contributed by atoms with E-state index < -0.39 is 11.9 Å². The first-order chi connectivity index (χ1) is 19.5. The molecule has 0 unspecified atom stereocenters. The van der Waals surface area contributed by atoms with Crippen LogP contribution in [0.5, 0.6) is 0 Å². The van der Waals surface area contributed by atoms with Gasteiger partial charge in [0.25, 0.3) is 0 Å². The van der Waals surface area contributed by atoms with Gasteiger partial charge in [-0.2, -0.15) is 4.39 Å². The fourth-order valence-corrected chi connectivity index (χ4v) is 6.25. The van der Waals surface area contributed by atoms with Crippen LogP contribution in [-0.2, 0) is 16.1 Å². The first kappa shape index (κ1) is 26.2. The first-order valence-electron chi connectivity index (χ1n) is 14.0. The van der Waals surface area contributed by atoms with Gasteiger partial charge in [0.05, 0.1) is 30.0 Å². The molecule has 2 aliphatic rings. The SMILES string of the molecule is O=C(O)c1ccc2c(C3CCCCC3)c(-c3ccc(-c4cccnc4F)cc3)n(CC(=O)N3CCOCC3)c2c1. The van der Waals surface area contributed by atoms with E-state index >= 15 is 0 Å². The number of fused-ring (bicyclic) bond motifs is 1. The first-order valence-corrected chi connectivity index (χ1v) is 14.0. The Labute approximate surface area is 232 Å². The topological polar surface area (TPSA) is 84.7 Å². The highest BCUT2D eigenvalue weighted by atomic mass is 19.1. The molecule has 8 heteroatoms. The Bertz CT molecular complexity index is 1550. The summed E-state index contributed by atoms with van der Waals surface area (Å²) in [7, 11) is 0. The van der Waals surface area contributed by atoms with E-state index in [2.05, 4.69) is 4.98 Å². The van der Waals surface area contributed by atoms with Crippen LogP contribution in [0.1, 0.15) is 53.9 Å². The molecule has 1 N–H and O–H groups in total. The Morgan fingerprint density at radius 2 is 1.70 bits per heavy atom. The minimum absolute atomic E-state index is 0.0218. The number of carboxylic acids is 1. The van der Waals surface area contributed by atoms with Crippen molar-refractivity contribution in [3.8, 4) is 22.4 Å². The Balaban J connectivity index is 1.53. The van der Waals surface area contributed by atoms with Gasteiger partial charge in [-0.25, -0.2) is 9.78 Å². The molecule has 3 heterocycles. The standard InChI is InChI=1S/C32H32FN3O4/c33-31-25(7-4-14-34-31)21-8-10-23(11-9-21)30-29(22-5-2-1-3-6-22)26-13-12-24(32(38)39)19-27(26)36(30)20-28(37)35-15-17-40-18-16-35/h4,7-14,19,22H,1-3,5-6,15-18,20H2,(H,38,39). The van der Waals surface area contributed by atoms with E-state index in [0.29, 0.717) is 43.3 Å². The van der Waals surface area contributed by atoms with Gasteiger partial charge in [0.1, 0.15) is 6.54 Å².